The number of carbonyl (C=O) groups is 1. The van der Waals surface area contributed by atoms with Crippen LogP contribution in [0.4, 0.5) is 5.69 Å². The molecular formula is C8H8ClNO4S. The SMILES string of the molecule is CC(=O)c1cc(N)c(Cl)cc1S(=O)(=O)O. The summed E-state index contributed by atoms with van der Waals surface area (Å²) in [4.78, 5) is 10.6. The first kappa shape index (κ1) is 12.0. The van der Waals surface area contributed by atoms with Crippen molar-refractivity contribution in [1.29, 1.82) is 0 Å². The summed E-state index contributed by atoms with van der Waals surface area (Å²) in [5.74, 6) is -0.522. The summed E-state index contributed by atoms with van der Waals surface area (Å²) in [6, 6.07) is 2.07. The van der Waals surface area contributed by atoms with E-state index in [-0.39, 0.29) is 16.3 Å². The van der Waals surface area contributed by atoms with Gasteiger partial charge < -0.3 is 5.73 Å². The first-order valence-corrected chi connectivity index (χ1v) is 5.62. The fourth-order valence-corrected chi connectivity index (χ4v) is 2.04. The quantitative estimate of drug-likeness (QED) is 0.469. The number of rotatable bonds is 2. The minimum atomic E-state index is -4.48. The van der Waals surface area contributed by atoms with E-state index >= 15 is 0 Å². The lowest BCUT2D eigenvalue weighted by Crippen LogP contribution is -2.07. The van der Waals surface area contributed by atoms with Crippen molar-refractivity contribution in [1.82, 2.24) is 0 Å². The lowest BCUT2D eigenvalue weighted by molar-refractivity contribution is 0.101. The summed E-state index contributed by atoms with van der Waals surface area (Å²) in [6.45, 7) is 1.16. The van der Waals surface area contributed by atoms with Crippen molar-refractivity contribution in [3.8, 4) is 0 Å². The van der Waals surface area contributed by atoms with Gasteiger partial charge in [-0.05, 0) is 19.1 Å². The number of carbonyl (C=O) groups excluding carboxylic acids is 1. The fourth-order valence-electron chi connectivity index (χ4n) is 1.06. The number of benzene rings is 1. The Morgan fingerprint density at radius 1 is 1.47 bits per heavy atom. The molecule has 1 aromatic rings. The van der Waals surface area contributed by atoms with E-state index in [2.05, 4.69) is 0 Å². The molecule has 1 aromatic carbocycles. The maximum Gasteiger partial charge on any atom is 0.295 e. The molecule has 0 heterocycles. The predicted octanol–water partition coefficient (Wildman–Crippen LogP) is 1.37. The van der Waals surface area contributed by atoms with Crippen LogP contribution in [0.2, 0.25) is 5.02 Å². The van der Waals surface area contributed by atoms with Gasteiger partial charge in [-0.3, -0.25) is 9.35 Å². The zero-order chi connectivity index (χ0) is 11.8. The van der Waals surface area contributed by atoms with Crippen LogP contribution >= 0.6 is 11.6 Å². The molecule has 0 unspecified atom stereocenters. The third-order valence-corrected chi connectivity index (χ3v) is 2.98. The molecule has 0 saturated heterocycles. The second kappa shape index (κ2) is 3.80. The molecule has 0 aliphatic heterocycles. The Morgan fingerprint density at radius 3 is 2.40 bits per heavy atom. The lowest BCUT2D eigenvalue weighted by Gasteiger charge is -2.06. The number of hydrogen-bond acceptors (Lipinski definition) is 4. The summed E-state index contributed by atoms with van der Waals surface area (Å²) in [5.41, 5.74) is 5.31. The molecule has 0 aromatic heterocycles. The Hall–Kier alpha value is -1.11. The zero-order valence-corrected chi connectivity index (χ0v) is 9.26. The lowest BCUT2D eigenvalue weighted by atomic mass is 10.1. The van der Waals surface area contributed by atoms with Gasteiger partial charge in [0.15, 0.2) is 5.78 Å². The molecule has 0 aliphatic carbocycles. The van der Waals surface area contributed by atoms with Crippen LogP contribution in [0.1, 0.15) is 17.3 Å². The van der Waals surface area contributed by atoms with E-state index < -0.39 is 20.8 Å². The molecule has 7 heteroatoms. The molecule has 3 N–H and O–H groups in total. The number of ketones is 1. The van der Waals surface area contributed by atoms with Crippen LogP contribution in [0.5, 0.6) is 0 Å². The summed E-state index contributed by atoms with van der Waals surface area (Å²) in [5, 5.41) is -0.0346. The number of nitrogens with two attached hydrogens (primary N) is 1. The van der Waals surface area contributed by atoms with Crippen LogP contribution in [-0.2, 0) is 10.1 Å². The average molecular weight is 250 g/mol. The molecule has 0 spiro atoms. The highest BCUT2D eigenvalue weighted by molar-refractivity contribution is 7.86. The molecular weight excluding hydrogens is 242 g/mol. The Labute approximate surface area is 91.6 Å². The predicted molar refractivity (Wildman–Crippen MR) is 55.7 cm³/mol. The number of anilines is 1. The molecule has 0 aliphatic rings. The number of Topliss-reactive ketones (excluding diaryl/α,β-unsaturated/α-hetero) is 1. The van der Waals surface area contributed by atoms with Gasteiger partial charge in [0.05, 0.1) is 10.7 Å². The van der Waals surface area contributed by atoms with Gasteiger partial charge >= 0.3 is 0 Å². The van der Waals surface area contributed by atoms with Gasteiger partial charge in [0.25, 0.3) is 10.1 Å². The summed E-state index contributed by atoms with van der Waals surface area (Å²) < 4.78 is 30.7. The van der Waals surface area contributed by atoms with Gasteiger partial charge in [0.1, 0.15) is 4.90 Å². The van der Waals surface area contributed by atoms with E-state index in [1.807, 2.05) is 0 Å². The smallest absolute Gasteiger partial charge is 0.295 e. The summed E-state index contributed by atoms with van der Waals surface area (Å²) in [6.07, 6.45) is 0. The number of hydrogen-bond donors (Lipinski definition) is 2. The highest BCUT2D eigenvalue weighted by Gasteiger charge is 2.20. The third-order valence-electron chi connectivity index (χ3n) is 1.76. The average Bonchev–Trinajstić information content (AvgIpc) is 2.06. The van der Waals surface area contributed by atoms with Gasteiger partial charge in [0.2, 0.25) is 0 Å². The number of halogens is 1. The molecule has 1 rings (SSSR count). The van der Waals surface area contributed by atoms with Crippen molar-refractivity contribution >= 4 is 33.2 Å². The van der Waals surface area contributed by atoms with E-state index in [0.717, 1.165) is 19.1 Å². The Kier molecular flexibility index (Phi) is 3.03. The van der Waals surface area contributed by atoms with Crippen molar-refractivity contribution in [2.24, 2.45) is 0 Å². The minimum absolute atomic E-state index is 0.0346. The standard InChI is InChI=1S/C8H8ClNO4S/c1-4(11)5-2-7(10)6(9)3-8(5)15(12,13)14/h2-3H,10H2,1H3,(H,12,13,14). The molecule has 0 atom stereocenters. The molecule has 0 bridgehead atoms. The largest absolute Gasteiger partial charge is 0.398 e. The zero-order valence-electron chi connectivity index (χ0n) is 7.69. The molecule has 5 nitrogen and oxygen atoms in total. The Balaban J connectivity index is 3.64. The van der Waals surface area contributed by atoms with E-state index in [9.17, 15) is 13.2 Å². The molecule has 15 heavy (non-hydrogen) atoms. The van der Waals surface area contributed by atoms with Crippen molar-refractivity contribution in [2.45, 2.75) is 11.8 Å². The topological polar surface area (TPSA) is 97.5 Å². The van der Waals surface area contributed by atoms with Crippen LogP contribution in [0.15, 0.2) is 17.0 Å². The maximum absolute atomic E-state index is 11.1. The highest BCUT2D eigenvalue weighted by Crippen LogP contribution is 2.26. The van der Waals surface area contributed by atoms with Crippen molar-refractivity contribution < 1.29 is 17.8 Å². The normalized spacial score (nSPS) is 11.4. The second-order valence-electron chi connectivity index (χ2n) is 2.90. The van der Waals surface area contributed by atoms with Crippen LogP contribution in [-0.4, -0.2) is 18.8 Å². The molecule has 0 fully saturated rings. The van der Waals surface area contributed by atoms with E-state index in [1.54, 1.807) is 0 Å². The van der Waals surface area contributed by atoms with Crippen LogP contribution in [0.3, 0.4) is 0 Å². The minimum Gasteiger partial charge on any atom is -0.398 e. The maximum atomic E-state index is 11.1. The van der Waals surface area contributed by atoms with Gasteiger partial charge in [0, 0.05) is 5.56 Å². The van der Waals surface area contributed by atoms with Crippen molar-refractivity contribution in [2.75, 3.05) is 5.73 Å². The number of nitrogen functional groups attached to an aromatic ring is 1. The van der Waals surface area contributed by atoms with E-state index in [0.29, 0.717) is 0 Å². The summed E-state index contributed by atoms with van der Waals surface area (Å²) >= 11 is 5.58. The second-order valence-corrected chi connectivity index (χ2v) is 4.70. The fraction of sp³-hybridized carbons (Fsp3) is 0.125. The van der Waals surface area contributed by atoms with Crippen molar-refractivity contribution in [3.63, 3.8) is 0 Å². The highest BCUT2D eigenvalue weighted by atomic mass is 35.5. The van der Waals surface area contributed by atoms with Crippen LogP contribution in [0.25, 0.3) is 0 Å². The molecule has 0 amide bonds. The van der Waals surface area contributed by atoms with Gasteiger partial charge in [-0.25, -0.2) is 0 Å². The van der Waals surface area contributed by atoms with Gasteiger partial charge in [-0.2, -0.15) is 8.42 Å². The first-order valence-electron chi connectivity index (χ1n) is 3.81. The monoisotopic (exact) mass is 249 g/mol. The van der Waals surface area contributed by atoms with E-state index in [1.165, 1.54) is 0 Å². The van der Waals surface area contributed by atoms with Crippen molar-refractivity contribution in [3.05, 3.63) is 22.7 Å². The third kappa shape index (κ3) is 2.47. The van der Waals surface area contributed by atoms with Gasteiger partial charge in [-0.15, -0.1) is 0 Å². The van der Waals surface area contributed by atoms with Crippen LogP contribution in [0, 0.1) is 0 Å². The van der Waals surface area contributed by atoms with E-state index in [4.69, 9.17) is 21.9 Å². The van der Waals surface area contributed by atoms with Gasteiger partial charge in [-0.1, -0.05) is 11.6 Å². The Morgan fingerprint density at radius 2 is 2.00 bits per heavy atom. The molecule has 82 valence electrons. The molecule has 0 saturated carbocycles. The Bertz CT molecular complexity index is 524. The first-order chi connectivity index (χ1) is 6.73. The summed E-state index contributed by atoms with van der Waals surface area (Å²) in [7, 11) is -4.48. The molecule has 0 radical (unpaired) electrons. The van der Waals surface area contributed by atoms with Crippen LogP contribution < -0.4 is 5.73 Å².